The summed E-state index contributed by atoms with van der Waals surface area (Å²) in [6, 6.07) is -1.15. The summed E-state index contributed by atoms with van der Waals surface area (Å²) in [7, 11) is 0. The zero-order valence-electron chi connectivity index (χ0n) is 17.0. The first-order valence-electron chi connectivity index (χ1n) is 9.46. The van der Waals surface area contributed by atoms with E-state index in [1.165, 1.54) is 4.90 Å². The number of nitrogens with one attached hydrogen (secondary N) is 1. The van der Waals surface area contributed by atoms with Crippen LogP contribution in [0.25, 0.3) is 0 Å². The summed E-state index contributed by atoms with van der Waals surface area (Å²) < 4.78 is 5.44. The fraction of sp³-hybridized carbons (Fsp3) is 0.750. The lowest BCUT2D eigenvalue weighted by molar-refractivity contribution is -0.142. The van der Waals surface area contributed by atoms with Gasteiger partial charge in [0.15, 0.2) is 0 Å². The highest BCUT2D eigenvalue weighted by Gasteiger charge is 2.61. The van der Waals surface area contributed by atoms with Gasteiger partial charge in [-0.2, -0.15) is 0 Å². The Bertz CT molecular complexity index is 637. The molecule has 0 aromatic carbocycles. The maximum Gasteiger partial charge on any atom is 0.411 e. The van der Waals surface area contributed by atoms with Crippen LogP contribution in [0, 0.1) is 10.8 Å². The smallest absolute Gasteiger partial charge is 0.411 e. The highest BCUT2D eigenvalue weighted by Crippen LogP contribution is 2.54. The van der Waals surface area contributed by atoms with E-state index in [4.69, 9.17) is 4.74 Å². The van der Waals surface area contributed by atoms with Crippen molar-refractivity contribution in [3.8, 4) is 0 Å². The molecule has 27 heavy (non-hydrogen) atoms. The Morgan fingerprint density at radius 1 is 1.30 bits per heavy atom. The van der Waals surface area contributed by atoms with Crippen LogP contribution in [0.3, 0.4) is 0 Å². The lowest BCUT2D eigenvalue weighted by Crippen LogP contribution is -2.57. The summed E-state index contributed by atoms with van der Waals surface area (Å²) in [5.74, 6) is -1.13. The Morgan fingerprint density at radius 2 is 1.93 bits per heavy atom. The lowest BCUT2D eigenvalue weighted by atomic mass is 9.64. The second-order valence-corrected chi connectivity index (χ2v) is 9.42. The van der Waals surface area contributed by atoms with Gasteiger partial charge in [0.25, 0.3) is 0 Å². The van der Waals surface area contributed by atoms with Crippen molar-refractivity contribution in [1.82, 2.24) is 10.2 Å². The van der Waals surface area contributed by atoms with E-state index in [1.807, 2.05) is 13.8 Å². The molecule has 3 atom stereocenters. The van der Waals surface area contributed by atoms with Crippen LogP contribution in [0.2, 0.25) is 0 Å². The van der Waals surface area contributed by atoms with Gasteiger partial charge in [-0.15, -0.1) is 6.58 Å². The van der Waals surface area contributed by atoms with Crippen molar-refractivity contribution in [3.63, 3.8) is 0 Å². The molecule has 1 saturated carbocycles. The molecule has 2 N–H and O–H groups in total. The molecule has 0 unspecified atom stereocenters. The predicted octanol–water partition coefficient (Wildman–Crippen LogP) is 2.95. The van der Waals surface area contributed by atoms with E-state index in [0.29, 0.717) is 19.4 Å². The molecule has 2 amide bonds. The molecule has 0 bridgehead atoms. The van der Waals surface area contributed by atoms with E-state index in [2.05, 4.69) is 11.9 Å². The molecule has 7 nitrogen and oxygen atoms in total. The third-order valence-corrected chi connectivity index (χ3v) is 5.65. The van der Waals surface area contributed by atoms with Crippen LogP contribution in [-0.2, 0) is 14.3 Å². The van der Waals surface area contributed by atoms with Crippen molar-refractivity contribution in [2.24, 2.45) is 10.8 Å². The number of ether oxygens (including phenoxy) is 1. The van der Waals surface area contributed by atoms with Crippen molar-refractivity contribution in [3.05, 3.63) is 12.7 Å². The number of nitrogens with zero attached hydrogens (tertiary/aromatic N) is 1. The summed E-state index contributed by atoms with van der Waals surface area (Å²) in [6.07, 6.45) is 3.49. The number of hydrogen-bond acceptors (Lipinski definition) is 4. The number of carbonyl (C=O) groups is 3. The van der Waals surface area contributed by atoms with Crippen LogP contribution >= 0.6 is 0 Å². The Labute approximate surface area is 161 Å². The monoisotopic (exact) mass is 380 g/mol. The summed E-state index contributed by atoms with van der Waals surface area (Å²) in [5, 5.41) is 12.6. The maximum absolute atomic E-state index is 12.6. The number of amides is 2. The van der Waals surface area contributed by atoms with Gasteiger partial charge in [0, 0.05) is 23.4 Å². The van der Waals surface area contributed by atoms with Gasteiger partial charge >= 0.3 is 12.1 Å². The van der Waals surface area contributed by atoms with Gasteiger partial charge in [-0.05, 0) is 46.5 Å². The Hall–Kier alpha value is -2.05. The number of hydrogen-bond donors (Lipinski definition) is 2. The summed E-state index contributed by atoms with van der Waals surface area (Å²) in [5.41, 5.74) is -1.68. The number of aliphatic carboxylic acids is 1. The van der Waals surface area contributed by atoms with Crippen molar-refractivity contribution in [2.75, 3.05) is 6.54 Å². The van der Waals surface area contributed by atoms with Crippen molar-refractivity contribution < 1.29 is 24.2 Å². The number of carboxylic acids is 1. The fourth-order valence-corrected chi connectivity index (χ4v) is 4.06. The standard InChI is InChI=1S/C20H32N2O5/c1-7-9-19(5,6)16(25)21-12-20-10-8-14(20)22(13(11-20)15(23)24)17(26)27-18(2,3)4/h7,13-14H,1,8-12H2,2-6H3,(H,21,25)(H,23,24)/t13-,14+,20+/m0/s1. The summed E-state index contributed by atoms with van der Waals surface area (Å²) in [6.45, 7) is 13.0. The molecule has 0 spiro atoms. The number of rotatable bonds is 6. The molecule has 0 aromatic heterocycles. The Kier molecular flexibility index (Phi) is 5.64. The van der Waals surface area contributed by atoms with Crippen molar-refractivity contribution >= 4 is 18.0 Å². The fourth-order valence-electron chi connectivity index (χ4n) is 4.06. The van der Waals surface area contributed by atoms with Crippen LogP contribution in [0.5, 0.6) is 0 Å². The summed E-state index contributed by atoms with van der Waals surface area (Å²) >= 11 is 0. The highest BCUT2D eigenvalue weighted by atomic mass is 16.6. The van der Waals surface area contributed by atoms with Gasteiger partial charge in [-0.3, -0.25) is 9.69 Å². The maximum atomic E-state index is 12.6. The molecule has 2 rings (SSSR count). The van der Waals surface area contributed by atoms with Crippen molar-refractivity contribution in [1.29, 1.82) is 0 Å². The predicted molar refractivity (Wildman–Crippen MR) is 101 cm³/mol. The molecule has 2 fully saturated rings. The van der Waals surface area contributed by atoms with Gasteiger partial charge in [-0.1, -0.05) is 19.9 Å². The van der Waals surface area contributed by atoms with Gasteiger partial charge in [0.1, 0.15) is 11.6 Å². The molecule has 1 heterocycles. The van der Waals surface area contributed by atoms with E-state index in [1.54, 1.807) is 26.8 Å². The number of carboxylic acid groups (broad SMARTS) is 1. The first-order chi connectivity index (χ1) is 12.3. The second kappa shape index (κ2) is 7.17. The van der Waals surface area contributed by atoms with Gasteiger partial charge in [0.2, 0.25) is 5.91 Å². The average molecular weight is 380 g/mol. The van der Waals surface area contributed by atoms with E-state index >= 15 is 0 Å². The largest absolute Gasteiger partial charge is 0.480 e. The molecule has 1 aliphatic carbocycles. The van der Waals surface area contributed by atoms with Gasteiger partial charge in [0.05, 0.1) is 0 Å². The summed E-state index contributed by atoms with van der Waals surface area (Å²) in [4.78, 5) is 38.3. The van der Waals surface area contributed by atoms with E-state index in [9.17, 15) is 19.5 Å². The quantitative estimate of drug-likeness (QED) is 0.691. The molecule has 1 aliphatic heterocycles. The van der Waals surface area contributed by atoms with Crippen LogP contribution in [0.4, 0.5) is 4.79 Å². The topological polar surface area (TPSA) is 95.9 Å². The van der Waals surface area contributed by atoms with Gasteiger partial charge in [-0.25, -0.2) is 9.59 Å². The minimum absolute atomic E-state index is 0.0926. The zero-order valence-corrected chi connectivity index (χ0v) is 17.0. The first-order valence-corrected chi connectivity index (χ1v) is 9.46. The number of allylic oxidation sites excluding steroid dienone is 1. The van der Waals surface area contributed by atoms with Crippen LogP contribution in [-0.4, -0.2) is 52.2 Å². The third kappa shape index (κ3) is 4.28. The zero-order chi connectivity index (χ0) is 20.6. The highest BCUT2D eigenvalue weighted by molar-refractivity contribution is 5.83. The Morgan fingerprint density at radius 3 is 2.37 bits per heavy atom. The number of carbonyl (C=O) groups excluding carboxylic acids is 2. The van der Waals surface area contributed by atoms with Gasteiger partial charge < -0.3 is 15.2 Å². The molecule has 7 heteroatoms. The number of likely N-dealkylation sites (tertiary alicyclic amines) is 1. The molecular formula is C20H32N2O5. The molecule has 0 radical (unpaired) electrons. The lowest BCUT2D eigenvalue weighted by Gasteiger charge is -2.47. The van der Waals surface area contributed by atoms with Crippen LogP contribution in [0.1, 0.15) is 60.3 Å². The second-order valence-electron chi connectivity index (χ2n) is 9.42. The molecule has 0 aromatic rings. The average Bonchev–Trinajstić information content (AvgIpc) is 2.72. The molecular weight excluding hydrogens is 348 g/mol. The van der Waals surface area contributed by atoms with Crippen molar-refractivity contribution in [2.45, 2.75) is 78.0 Å². The molecule has 2 aliphatic rings. The van der Waals surface area contributed by atoms with E-state index in [0.717, 1.165) is 12.8 Å². The minimum atomic E-state index is -1.03. The van der Waals surface area contributed by atoms with E-state index in [-0.39, 0.29) is 11.9 Å². The number of fused-ring (bicyclic) bond motifs is 1. The molecule has 152 valence electrons. The molecule has 1 saturated heterocycles. The SMILES string of the molecule is C=CCC(C)(C)C(=O)NC[C@]12CC[C@H]1N(C(=O)OC(C)(C)C)[C@H](C(=O)O)C2. The normalized spacial score (nSPS) is 27.4. The minimum Gasteiger partial charge on any atom is -0.480 e. The van der Waals surface area contributed by atoms with E-state index < -0.39 is 34.5 Å². The van der Waals surface area contributed by atoms with Crippen LogP contribution < -0.4 is 5.32 Å². The third-order valence-electron chi connectivity index (χ3n) is 5.65. The first kappa shape index (κ1) is 21.3. The Balaban J connectivity index is 2.14. The van der Waals surface area contributed by atoms with Crippen LogP contribution in [0.15, 0.2) is 12.7 Å².